The third-order valence-corrected chi connectivity index (χ3v) is 5.77. The van der Waals surface area contributed by atoms with Crippen LogP contribution in [0, 0.1) is 6.92 Å². The fourth-order valence-electron chi connectivity index (χ4n) is 4.19. The Morgan fingerprint density at radius 2 is 2.03 bits per heavy atom. The van der Waals surface area contributed by atoms with E-state index < -0.39 is 5.91 Å². The Balaban J connectivity index is 1.78. The van der Waals surface area contributed by atoms with Crippen molar-refractivity contribution in [1.29, 1.82) is 0 Å². The molecule has 0 bridgehead atoms. The highest BCUT2D eigenvalue weighted by Gasteiger charge is 2.25. The lowest BCUT2D eigenvalue weighted by Gasteiger charge is -2.19. The number of carbonyl (C=O) groups excluding carboxylic acids is 1. The summed E-state index contributed by atoms with van der Waals surface area (Å²) in [6.45, 7) is 4.88. The second-order valence-corrected chi connectivity index (χ2v) is 7.61. The lowest BCUT2D eigenvalue weighted by molar-refractivity contribution is 0.0948. The molecule has 1 fully saturated rings. The van der Waals surface area contributed by atoms with E-state index in [1.165, 1.54) is 0 Å². The molecule has 1 saturated carbocycles. The summed E-state index contributed by atoms with van der Waals surface area (Å²) in [5.41, 5.74) is 2.04. The van der Waals surface area contributed by atoms with Gasteiger partial charge in [-0.3, -0.25) is 18.8 Å². The largest absolute Gasteiger partial charge is 0.357 e. The third-order valence-electron chi connectivity index (χ3n) is 5.77. The van der Waals surface area contributed by atoms with Crippen LogP contribution >= 0.6 is 0 Å². The van der Waals surface area contributed by atoms with Crippen LogP contribution in [0.3, 0.4) is 0 Å². The molecule has 158 valence electrons. The summed E-state index contributed by atoms with van der Waals surface area (Å²) in [5, 5.41) is 10.8. The number of amides is 1. The number of nitrogens with one attached hydrogen (secondary N) is 2. The van der Waals surface area contributed by atoms with Crippen LogP contribution in [-0.4, -0.2) is 37.3 Å². The minimum Gasteiger partial charge on any atom is -0.357 e. The lowest BCUT2D eigenvalue weighted by atomic mass is 10.1. The quantitative estimate of drug-likeness (QED) is 0.647. The normalized spacial score (nSPS) is 14.4. The highest BCUT2D eigenvalue weighted by Crippen LogP contribution is 2.31. The molecular formula is C21H27N7O2. The first-order valence-corrected chi connectivity index (χ1v) is 10.4. The van der Waals surface area contributed by atoms with Crippen LogP contribution in [0.1, 0.15) is 60.4 Å². The van der Waals surface area contributed by atoms with Gasteiger partial charge in [0.2, 0.25) is 5.95 Å². The maximum absolute atomic E-state index is 13.4. The summed E-state index contributed by atoms with van der Waals surface area (Å²) in [7, 11) is 1.75. The summed E-state index contributed by atoms with van der Waals surface area (Å²) >= 11 is 0. The number of rotatable bonds is 6. The van der Waals surface area contributed by atoms with Crippen molar-refractivity contribution in [3.8, 4) is 0 Å². The predicted molar refractivity (Wildman–Crippen MR) is 115 cm³/mol. The molecule has 0 aliphatic heterocycles. The van der Waals surface area contributed by atoms with Crippen LogP contribution in [0.5, 0.6) is 0 Å². The number of nitrogens with zero attached hydrogens (tertiary/aromatic N) is 5. The number of carbonyl (C=O) groups is 1. The molecule has 9 heteroatoms. The van der Waals surface area contributed by atoms with Crippen LogP contribution in [-0.2, 0) is 13.1 Å². The summed E-state index contributed by atoms with van der Waals surface area (Å²) in [5.74, 6) is 0.0748. The Labute approximate surface area is 174 Å². The van der Waals surface area contributed by atoms with E-state index in [9.17, 15) is 9.59 Å². The smallest absolute Gasteiger partial charge is 0.265 e. The van der Waals surface area contributed by atoms with Gasteiger partial charge in [0.05, 0.1) is 17.9 Å². The van der Waals surface area contributed by atoms with E-state index in [2.05, 4.69) is 25.7 Å². The van der Waals surface area contributed by atoms with E-state index in [0.717, 1.165) is 42.5 Å². The van der Waals surface area contributed by atoms with E-state index in [0.29, 0.717) is 24.7 Å². The zero-order chi connectivity index (χ0) is 21.3. The maximum atomic E-state index is 13.4. The van der Waals surface area contributed by atoms with Crippen molar-refractivity contribution < 1.29 is 4.79 Å². The van der Waals surface area contributed by atoms with Gasteiger partial charge in [-0.05, 0) is 38.8 Å². The van der Waals surface area contributed by atoms with Crippen LogP contribution in [0.2, 0.25) is 0 Å². The molecule has 2 N–H and O–H groups in total. The molecule has 0 saturated heterocycles. The topological polar surface area (TPSA) is 107 Å². The van der Waals surface area contributed by atoms with E-state index in [1.54, 1.807) is 23.9 Å². The van der Waals surface area contributed by atoms with Crippen molar-refractivity contribution in [3.63, 3.8) is 0 Å². The fourth-order valence-corrected chi connectivity index (χ4v) is 4.19. The molecule has 9 nitrogen and oxygen atoms in total. The molecule has 1 aliphatic rings. The van der Waals surface area contributed by atoms with Crippen molar-refractivity contribution in [1.82, 2.24) is 29.6 Å². The minimum absolute atomic E-state index is 0.0493. The molecule has 0 atom stereocenters. The van der Waals surface area contributed by atoms with E-state index >= 15 is 0 Å². The fraction of sp³-hybridized carbons (Fsp3) is 0.476. The summed E-state index contributed by atoms with van der Waals surface area (Å²) in [4.78, 5) is 35.4. The van der Waals surface area contributed by atoms with Crippen LogP contribution < -0.4 is 16.2 Å². The van der Waals surface area contributed by atoms with Gasteiger partial charge in [0.1, 0.15) is 11.2 Å². The second-order valence-electron chi connectivity index (χ2n) is 7.61. The van der Waals surface area contributed by atoms with Crippen molar-refractivity contribution in [2.24, 2.45) is 0 Å². The summed E-state index contributed by atoms with van der Waals surface area (Å²) in [6, 6.07) is 3.54. The molecule has 0 aromatic carbocycles. The number of anilines is 1. The first kappa shape index (κ1) is 20.1. The third kappa shape index (κ3) is 3.55. The Kier molecular flexibility index (Phi) is 5.52. The first-order valence-electron chi connectivity index (χ1n) is 10.4. The highest BCUT2D eigenvalue weighted by atomic mass is 16.2. The Morgan fingerprint density at radius 3 is 2.73 bits per heavy atom. The van der Waals surface area contributed by atoms with Gasteiger partial charge in [0.25, 0.3) is 11.5 Å². The molecule has 0 unspecified atom stereocenters. The van der Waals surface area contributed by atoms with Gasteiger partial charge in [0, 0.05) is 31.2 Å². The van der Waals surface area contributed by atoms with Gasteiger partial charge in [-0.2, -0.15) is 10.1 Å². The van der Waals surface area contributed by atoms with Crippen LogP contribution in [0.15, 0.2) is 23.1 Å². The number of aryl methyl sites for hydroxylation is 2. The molecule has 3 aromatic heterocycles. The van der Waals surface area contributed by atoms with E-state index in [4.69, 9.17) is 0 Å². The van der Waals surface area contributed by atoms with Crippen molar-refractivity contribution >= 4 is 22.9 Å². The highest BCUT2D eigenvalue weighted by molar-refractivity contribution is 5.97. The van der Waals surface area contributed by atoms with Gasteiger partial charge in [-0.15, -0.1) is 0 Å². The van der Waals surface area contributed by atoms with Crippen LogP contribution in [0.4, 0.5) is 5.95 Å². The van der Waals surface area contributed by atoms with E-state index in [1.807, 2.05) is 24.6 Å². The number of aromatic nitrogens is 5. The second kappa shape index (κ2) is 8.25. The number of hydrogen-bond acceptors (Lipinski definition) is 6. The molecule has 0 spiro atoms. The average Bonchev–Trinajstić information content (AvgIpc) is 3.43. The number of hydrogen-bond donors (Lipinski definition) is 2. The summed E-state index contributed by atoms with van der Waals surface area (Å²) < 4.78 is 3.53. The molecule has 0 radical (unpaired) electrons. The zero-order valence-electron chi connectivity index (χ0n) is 17.6. The zero-order valence-corrected chi connectivity index (χ0v) is 17.6. The SMILES string of the molecule is CCn1nccc1CNC(=O)c1cc2c(C)nc(NC)nc2n(C2CCCC2)c1=O. The van der Waals surface area contributed by atoms with Crippen molar-refractivity contribution in [3.05, 3.63) is 45.6 Å². The Morgan fingerprint density at radius 1 is 1.27 bits per heavy atom. The summed E-state index contributed by atoms with van der Waals surface area (Å²) in [6.07, 6.45) is 5.66. The molecular weight excluding hydrogens is 382 g/mol. The van der Waals surface area contributed by atoms with Gasteiger partial charge in [-0.1, -0.05) is 12.8 Å². The van der Waals surface area contributed by atoms with Gasteiger partial charge < -0.3 is 10.6 Å². The van der Waals surface area contributed by atoms with Crippen molar-refractivity contribution in [2.45, 2.75) is 58.7 Å². The molecule has 3 heterocycles. The maximum Gasteiger partial charge on any atom is 0.265 e. The standard InChI is InChI=1S/C21H27N7O2/c1-4-27-15(9-10-24-27)12-23-19(29)17-11-16-13(2)25-21(22-3)26-18(16)28(20(17)30)14-7-5-6-8-14/h9-11,14H,4-8,12H2,1-3H3,(H,23,29)(H,22,25,26). The lowest BCUT2D eigenvalue weighted by Crippen LogP contribution is -2.35. The van der Waals surface area contributed by atoms with Gasteiger partial charge in [0.15, 0.2) is 0 Å². The van der Waals surface area contributed by atoms with E-state index in [-0.39, 0.29) is 17.2 Å². The number of pyridine rings is 1. The monoisotopic (exact) mass is 409 g/mol. The molecule has 30 heavy (non-hydrogen) atoms. The first-order chi connectivity index (χ1) is 14.5. The van der Waals surface area contributed by atoms with Gasteiger partial charge >= 0.3 is 0 Å². The van der Waals surface area contributed by atoms with Gasteiger partial charge in [-0.25, -0.2) is 4.98 Å². The average molecular weight is 409 g/mol. The molecule has 4 rings (SSSR count). The van der Waals surface area contributed by atoms with Crippen LogP contribution in [0.25, 0.3) is 11.0 Å². The Hall–Kier alpha value is -3.23. The minimum atomic E-state index is -0.394. The Bertz CT molecular complexity index is 1140. The molecule has 3 aromatic rings. The number of fused-ring (bicyclic) bond motifs is 1. The van der Waals surface area contributed by atoms with Crippen molar-refractivity contribution in [2.75, 3.05) is 12.4 Å². The predicted octanol–water partition coefficient (Wildman–Crippen LogP) is 2.40. The molecule has 1 aliphatic carbocycles. The molecule has 1 amide bonds.